The Morgan fingerprint density at radius 1 is 1.39 bits per heavy atom. The zero-order valence-corrected chi connectivity index (χ0v) is 11.1. The van der Waals surface area contributed by atoms with Gasteiger partial charge in [0.25, 0.3) is 0 Å². The van der Waals surface area contributed by atoms with Crippen molar-refractivity contribution in [3.8, 4) is 0 Å². The number of para-hydroxylation sites is 2. The number of aromatic nitrogens is 2. The Kier molecular flexibility index (Phi) is 2.86. The Morgan fingerprint density at radius 2 is 2.11 bits per heavy atom. The second-order valence-electron chi connectivity index (χ2n) is 5.47. The lowest BCUT2D eigenvalue weighted by atomic mass is 9.99. The summed E-state index contributed by atoms with van der Waals surface area (Å²) in [6.45, 7) is 4.40. The van der Waals surface area contributed by atoms with Crippen LogP contribution in [0.4, 0.5) is 0 Å². The molecule has 3 rings (SSSR count). The lowest BCUT2D eigenvalue weighted by molar-refractivity contribution is 0.425. The van der Waals surface area contributed by atoms with Crippen LogP contribution in [0.5, 0.6) is 0 Å². The molecule has 0 spiro atoms. The van der Waals surface area contributed by atoms with Crippen LogP contribution < -0.4 is 5.73 Å². The topological polar surface area (TPSA) is 43.8 Å². The van der Waals surface area contributed by atoms with E-state index in [9.17, 15) is 0 Å². The smallest absolute Gasteiger partial charge is 0.127 e. The maximum Gasteiger partial charge on any atom is 0.127 e. The van der Waals surface area contributed by atoms with Gasteiger partial charge in [0.05, 0.1) is 17.1 Å². The minimum absolute atomic E-state index is 0.0444. The Labute approximate surface area is 108 Å². The maximum atomic E-state index is 6.40. The van der Waals surface area contributed by atoms with Crippen LogP contribution in [0.1, 0.15) is 51.0 Å². The fraction of sp³-hybridized carbons (Fsp3) is 0.533. The number of rotatable bonds is 4. The van der Waals surface area contributed by atoms with Gasteiger partial charge in [0.2, 0.25) is 0 Å². The summed E-state index contributed by atoms with van der Waals surface area (Å²) in [6, 6.07) is 9.05. The molecule has 1 aromatic carbocycles. The highest BCUT2D eigenvalue weighted by molar-refractivity contribution is 5.76. The molecule has 3 nitrogen and oxygen atoms in total. The van der Waals surface area contributed by atoms with E-state index in [-0.39, 0.29) is 6.04 Å². The fourth-order valence-electron chi connectivity index (χ4n) is 2.52. The van der Waals surface area contributed by atoms with Gasteiger partial charge in [-0.3, -0.25) is 0 Å². The number of hydrogen-bond donors (Lipinski definition) is 1. The molecule has 1 aromatic heterocycles. The van der Waals surface area contributed by atoms with Crippen LogP contribution in [0.15, 0.2) is 24.3 Å². The summed E-state index contributed by atoms with van der Waals surface area (Å²) < 4.78 is 2.38. The van der Waals surface area contributed by atoms with E-state index in [0.717, 1.165) is 17.8 Å². The first kappa shape index (κ1) is 11.7. The lowest BCUT2D eigenvalue weighted by Gasteiger charge is -2.19. The van der Waals surface area contributed by atoms with Crippen LogP contribution in [0, 0.1) is 5.92 Å². The molecule has 1 aliphatic rings. The molecule has 0 radical (unpaired) electrons. The van der Waals surface area contributed by atoms with Gasteiger partial charge in [-0.1, -0.05) is 32.4 Å². The summed E-state index contributed by atoms with van der Waals surface area (Å²) in [5, 5.41) is 0. The monoisotopic (exact) mass is 243 g/mol. The lowest BCUT2D eigenvalue weighted by Crippen LogP contribution is -2.22. The van der Waals surface area contributed by atoms with Crippen molar-refractivity contribution in [1.29, 1.82) is 0 Å². The van der Waals surface area contributed by atoms with Gasteiger partial charge in [-0.05, 0) is 30.9 Å². The third-order valence-electron chi connectivity index (χ3n) is 4.09. The first-order valence-electron chi connectivity index (χ1n) is 6.94. The molecule has 96 valence electrons. The minimum atomic E-state index is 0.0444. The molecule has 1 aliphatic carbocycles. The standard InChI is InChI=1S/C15H21N3/c1-3-10(2)14(16)15-17-12-6-4-5-7-13(12)18(15)11-8-9-11/h4-7,10-11,14H,3,8-9,16H2,1-2H3. The summed E-state index contributed by atoms with van der Waals surface area (Å²) in [4.78, 5) is 4.78. The largest absolute Gasteiger partial charge is 0.324 e. The van der Waals surface area contributed by atoms with Gasteiger partial charge in [0, 0.05) is 6.04 Å². The van der Waals surface area contributed by atoms with Crippen molar-refractivity contribution < 1.29 is 0 Å². The molecule has 0 bridgehead atoms. The molecular weight excluding hydrogens is 222 g/mol. The Morgan fingerprint density at radius 3 is 2.78 bits per heavy atom. The van der Waals surface area contributed by atoms with Crippen molar-refractivity contribution in [3.05, 3.63) is 30.1 Å². The highest BCUT2D eigenvalue weighted by atomic mass is 15.1. The van der Waals surface area contributed by atoms with Gasteiger partial charge in [0.1, 0.15) is 5.82 Å². The maximum absolute atomic E-state index is 6.40. The van der Waals surface area contributed by atoms with E-state index in [0.29, 0.717) is 12.0 Å². The van der Waals surface area contributed by atoms with Crippen molar-refractivity contribution in [2.45, 2.75) is 45.2 Å². The molecule has 1 fully saturated rings. The summed E-state index contributed by atoms with van der Waals surface area (Å²) in [6.07, 6.45) is 3.62. The van der Waals surface area contributed by atoms with Crippen LogP contribution in [-0.2, 0) is 0 Å². The molecule has 2 unspecified atom stereocenters. The Hall–Kier alpha value is -1.35. The molecular formula is C15H21N3. The third kappa shape index (κ3) is 1.83. The van der Waals surface area contributed by atoms with Gasteiger partial charge < -0.3 is 10.3 Å². The number of hydrogen-bond acceptors (Lipinski definition) is 2. The van der Waals surface area contributed by atoms with Crippen molar-refractivity contribution in [2.24, 2.45) is 11.7 Å². The highest BCUT2D eigenvalue weighted by Crippen LogP contribution is 2.40. The molecule has 18 heavy (non-hydrogen) atoms. The first-order chi connectivity index (χ1) is 8.72. The number of benzene rings is 1. The average Bonchev–Trinajstić information content (AvgIpc) is 3.16. The van der Waals surface area contributed by atoms with Gasteiger partial charge in [-0.2, -0.15) is 0 Å². The first-order valence-corrected chi connectivity index (χ1v) is 6.94. The van der Waals surface area contributed by atoms with Crippen LogP contribution in [0.2, 0.25) is 0 Å². The van der Waals surface area contributed by atoms with Gasteiger partial charge >= 0.3 is 0 Å². The number of nitrogens with zero attached hydrogens (tertiary/aromatic N) is 2. The summed E-state index contributed by atoms with van der Waals surface area (Å²) >= 11 is 0. The van der Waals surface area contributed by atoms with E-state index in [1.165, 1.54) is 18.4 Å². The number of imidazole rings is 1. The molecule has 1 heterocycles. The second kappa shape index (κ2) is 4.39. The predicted molar refractivity (Wildman–Crippen MR) is 74.4 cm³/mol. The molecule has 1 saturated carbocycles. The highest BCUT2D eigenvalue weighted by Gasteiger charge is 2.31. The van der Waals surface area contributed by atoms with Crippen LogP contribution >= 0.6 is 0 Å². The molecule has 3 heteroatoms. The molecule has 0 amide bonds. The van der Waals surface area contributed by atoms with E-state index in [1.807, 2.05) is 6.07 Å². The van der Waals surface area contributed by atoms with Crippen molar-refractivity contribution in [1.82, 2.24) is 9.55 Å². The number of nitrogens with two attached hydrogens (primary N) is 1. The molecule has 2 aromatic rings. The third-order valence-corrected chi connectivity index (χ3v) is 4.09. The van der Waals surface area contributed by atoms with E-state index >= 15 is 0 Å². The van der Waals surface area contributed by atoms with E-state index < -0.39 is 0 Å². The summed E-state index contributed by atoms with van der Waals surface area (Å²) in [5.41, 5.74) is 8.72. The van der Waals surface area contributed by atoms with E-state index in [1.54, 1.807) is 0 Å². The molecule has 0 saturated heterocycles. The minimum Gasteiger partial charge on any atom is -0.324 e. The molecule has 0 aliphatic heterocycles. The zero-order valence-electron chi connectivity index (χ0n) is 11.1. The van der Waals surface area contributed by atoms with Gasteiger partial charge in [-0.15, -0.1) is 0 Å². The fourth-order valence-corrected chi connectivity index (χ4v) is 2.52. The Balaban J connectivity index is 2.12. The SMILES string of the molecule is CCC(C)C(N)c1nc2ccccc2n1C1CC1. The van der Waals surface area contributed by atoms with E-state index in [4.69, 9.17) is 10.7 Å². The summed E-state index contributed by atoms with van der Waals surface area (Å²) in [5.74, 6) is 1.55. The van der Waals surface area contributed by atoms with Crippen molar-refractivity contribution in [3.63, 3.8) is 0 Å². The van der Waals surface area contributed by atoms with E-state index in [2.05, 4.69) is 36.6 Å². The Bertz CT molecular complexity index is 554. The van der Waals surface area contributed by atoms with Crippen molar-refractivity contribution >= 4 is 11.0 Å². The van der Waals surface area contributed by atoms with Crippen LogP contribution in [-0.4, -0.2) is 9.55 Å². The molecule has 2 atom stereocenters. The number of fused-ring (bicyclic) bond motifs is 1. The van der Waals surface area contributed by atoms with Gasteiger partial charge in [0.15, 0.2) is 0 Å². The zero-order chi connectivity index (χ0) is 12.7. The summed E-state index contributed by atoms with van der Waals surface area (Å²) in [7, 11) is 0. The predicted octanol–water partition coefficient (Wildman–Crippen LogP) is 3.42. The van der Waals surface area contributed by atoms with Crippen molar-refractivity contribution in [2.75, 3.05) is 0 Å². The van der Waals surface area contributed by atoms with Crippen LogP contribution in [0.25, 0.3) is 11.0 Å². The average molecular weight is 243 g/mol. The normalized spacial score (nSPS) is 19.1. The van der Waals surface area contributed by atoms with Crippen LogP contribution in [0.3, 0.4) is 0 Å². The molecule has 2 N–H and O–H groups in total. The van der Waals surface area contributed by atoms with Gasteiger partial charge in [-0.25, -0.2) is 4.98 Å². The second-order valence-corrected chi connectivity index (χ2v) is 5.47. The quantitative estimate of drug-likeness (QED) is 0.894.